The maximum absolute atomic E-state index is 11.5. The molecule has 1 aromatic rings. The lowest BCUT2D eigenvalue weighted by atomic mass is 10.2. The van der Waals surface area contributed by atoms with E-state index in [2.05, 4.69) is 38.8 Å². The van der Waals surface area contributed by atoms with E-state index >= 15 is 0 Å². The van der Waals surface area contributed by atoms with Crippen molar-refractivity contribution in [2.75, 3.05) is 25.0 Å². The van der Waals surface area contributed by atoms with Crippen molar-refractivity contribution in [1.82, 2.24) is 9.88 Å². The molecule has 1 N–H and O–H groups in total. The van der Waals surface area contributed by atoms with Crippen molar-refractivity contribution in [3.8, 4) is 0 Å². The number of nitro groups is 1. The zero-order valence-electron chi connectivity index (χ0n) is 16.7. The molecule has 1 aromatic heterocycles. The maximum atomic E-state index is 11.5. The van der Waals surface area contributed by atoms with E-state index in [1.165, 1.54) is 17.2 Å². The second-order valence-electron chi connectivity index (χ2n) is 8.41. The molecule has 0 spiro atoms. The molecular formula is C17H28N4O5Si. The third-order valence-corrected chi connectivity index (χ3v) is 10.1. The molecule has 1 aliphatic heterocycles. The zero-order chi connectivity index (χ0) is 20.6. The van der Waals surface area contributed by atoms with Gasteiger partial charge in [0.1, 0.15) is 12.0 Å². The normalized spacial score (nSPS) is 20.6. The van der Waals surface area contributed by atoms with E-state index in [0.717, 1.165) is 0 Å². The Balaban J connectivity index is 2.26. The van der Waals surface area contributed by atoms with Crippen molar-refractivity contribution < 1.29 is 19.3 Å². The van der Waals surface area contributed by atoms with Gasteiger partial charge in [-0.15, -0.1) is 0 Å². The quantitative estimate of drug-likeness (QED) is 0.462. The summed E-state index contributed by atoms with van der Waals surface area (Å²) in [4.78, 5) is 29.2. The summed E-state index contributed by atoms with van der Waals surface area (Å²) in [7, 11) is -0.559. The molecule has 150 valence electrons. The highest BCUT2D eigenvalue weighted by atomic mass is 28.4. The van der Waals surface area contributed by atoms with Gasteiger partial charge in [0, 0.05) is 26.2 Å². The number of nitrogens with zero attached hydrogens (tertiary/aromatic N) is 4. The fourth-order valence-electron chi connectivity index (χ4n) is 2.80. The van der Waals surface area contributed by atoms with Gasteiger partial charge in [-0.25, -0.2) is 9.78 Å². The van der Waals surface area contributed by atoms with Crippen LogP contribution in [0.2, 0.25) is 18.1 Å². The summed E-state index contributed by atoms with van der Waals surface area (Å²) in [6.07, 6.45) is -0.0841. The highest BCUT2D eigenvalue weighted by Crippen LogP contribution is 2.39. The van der Waals surface area contributed by atoms with Crippen LogP contribution in [0, 0.1) is 10.1 Å². The number of hydrogen-bond acceptors (Lipinski definition) is 6. The number of likely N-dealkylation sites (N-methyl/N-ethyl adjacent to an activating group) is 1. The van der Waals surface area contributed by atoms with Gasteiger partial charge < -0.3 is 19.3 Å². The average Bonchev–Trinajstić information content (AvgIpc) is 2.96. The van der Waals surface area contributed by atoms with Gasteiger partial charge in [-0.3, -0.25) is 10.1 Å². The second-order valence-corrected chi connectivity index (χ2v) is 13.2. The lowest BCUT2D eigenvalue weighted by molar-refractivity contribution is -0.385. The topological polar surface area (TPSA) is 109 Å². The highest BCUT2D eigenvalue weighted by Gasteiger charge is 2.45. The van der Waals surface area contributed by atoms with Gasteiger partial charge in [0.2, 0.25) is 0 Å². The van der Waals surface area contributed by atoms with E-state index in [0.29, 0.717) is 18.9 Å². The van der Waals surface area contributed by atoms with Crippen LogP contribution < -0.4 is 4.90 Å². The summed E-state index contributed by atoms with van der Waals surface area (Å²) in [6, 6.07) is 2.65. The summed E-state index contributed by atoms with van der Waals surface area (Å²) in [6.45, 7) is 11.6. The molecule has 0 bridgehead atoms. The van der Waals surface area contributed by atoms with Crippen molar-refractivity contribution >= 4 is 25.9 Å². The number of aromatic nitrogens is 1. The highest BCUT2D eigenvalue weighted by molar-refractivity contribution is 6.74. The Morgan fingerprint density at radius 1 is 1.41 bits per heavy atom. The van der Waals surface area contributed by atoms with Crippen LogP contribution in [0.25, 0.3) is 0 Å². The minimum atomic E-state index is -2.10. The van der Waals surface area contributed by atoms with Gasteiger partial charge >= 0.3 is 6.09 Å². The van der Waals surface area contributed by atoms with Gasteiger partial charge in [0.15, 0.2) is 8.32 Å². The van der Waals surface area contributed by atoms with Gasteiger partial charge in [-0.05, 0) is 24.2 Å². The van der Waals surface area contributed by atoms with Crippen molar-refractivity contribution in [3.05, 3.63) is 28.4 Å². The first-order chi connectivity index (χ1) is 12.3. The van der Waals surface area contributed by atoms with Gasteiger partial charge in [-0.2, -0.15) is 0 Å². The number of carboxylic acid groups (broad SMARTS) is 1. The fraction of sp³-hybridized carbons (Fsp3) is 0.647. The van der Waals surface area contributed by atoms with Crippen molar-refractivity contribution in [2.45, 2.75) is 51.0 Å². The Kier molecular flexibility index (Phi) is 5.81. The molecule has 2 rings (SSSR count). The molecule has 0 saturated carbocycles. The van der Waals surface area contributed by atoms with Gasteiger partial charge in [-0.1, -0.05) is 20.8 Å². The molecule has 27 heavy (non-hydrogen) atoms. The monoisotopic (exact) mass is 396 g/mol. The summed E-state index contributed by atoms with van der Waals surface area (Å²) in [5.74, 6) is 0.575. The van der Waals surface area contributed by atoms with Crippen molar-refractivity contribution in [1.29, 1.82) is 0 Å². The molecule has 0 radical (unpaired) electrons. The minimum Gasteiger partial charge on any atom is -0.465 e. The molecule has 1 fully saturated rings. The lowest BCUT2D eigenvalue weighted by Gasteiger charge is -2.40. The fourth-order valence-corrected chi connectivity index (χ4v) is 4.14. The van der Waals surface area contributed by atoms with E-state index in [9.17, 15) is 20.0 Å². The van der Waals surface area contributed by atoms with Crippen LogP contribution in [0.1, 0.15) is 20.8 Å². The molecule has 2 atom stereocenters. The summed E-state index contributed by atoms with van der Waals surface area (Å²) < 4.78 is 6.52. The van der Waals surface area contributed by atoms with Crippen LogP contribution in [0.5, 0.6) is 0 Å². The van der Waals surface area contributed by atoms with Crippen LogP contribution in [0.4, 0.5) is 16.3 Å². The Labute approximate surface area is 160 Å². The van der Waals surface area contributed by atoms with E-state index in [-0.39, 0.29) is 22.9 Å². The first-order valence-electron chi connectivity index (χ1n) is 8.82. The Morgan fingerprint density at radius 2 is 2.04 bits per heavy atom. The molecule has 10 heteroatoms. The number of rotatable bonds is 5. The first kappa shape index (κ1) is 21.1. The molecule has 0 aliphatic carbocycles. The number of anilines is 1. The van der Waals surface area contributed by atoms with Crippen molar-refractivity contribution in [2.24, 2.45) is 0 Å². The average molecular weight is 397 g/mol. The van der Waals surface area contributed by atoms with Crippen LogP contribution in [-0.2, 0) is 4.43 Å². The van der Waals surface area contributed by atoms with Crippen molar-refractivity contribution in [3.63, 3.8) is 0 Å². The standard InChI is InChI=1S/C17H28N4O5Si/c1-17(2,3)27(5,6)26-14-11-20(10-13(14)19(4)16(22)23)15-8-7-12(9-18-15)21(24)25/h7-9,13-14H,10-11H2,1-6H3,(H,22,23)/t13-,14+/m1/s1. The van der Waals surface area contributed by atoms with Crippen LogP contribution in [0.15, 0.2) is 18.3 Å². The molecular weight excluding hydrogens is 368 g/mol. The van der Waals surface area contributed by atoms with E-state index in [1.54, 1.807) is 13.1 Å². The first-order valence-corrected chi connectivity index (χ1v) is 11.7. The summed E-state index contributed by atoms with van der Waals surface area (Å²) in [5, 5.41) is 20.3. The Hall–Kier alpha value is -2.20. The van der Waals surface area contributed by atoms with Crippen LogP contribution in [0.3, 0.4) is 0 Å². The number of pyridine rings is 1. The second kappa shape index (κ2) is 7.43. The molecule has 0 unspecified atom stereocenters. The van der Waals surface area contributed by atoms with Crippen LogP contribution >= 0.6 is 0 Å². The third kappa shape index (κ3) is 4.56. The predicted molar refractivity (Wildman–Crippen MR) is 105 cm³/mol. The number of carbonyl (C=O) groups is 1. The van der Waals surface area contributed by atoms with Crippen LogP contribution in [-0.4, -0.2) is 66.6 Å². The molecule has 9 nitrogen and oxygen atoms in total. The van der Waals surface area contributed by atoms with Gasteiger partial charge in [0.05, 0.1) is 17.1 Å². The Morgan fingerprint density at radius 3 is 2.48 bits per heavy atom. The summed E-state index contributed by atoms with van der Waals surface area (Å²) >= 11 is 0. The minimum absolute atomic E-state index is 0.00161. The molecule has 0 aromatic carbocycles. The SMILES string of the molecule is CN(C(=O)O)[C@@H]1CN(c2ccc([N+](=O)[O-])cn2)C[C@@H]1O[Si](C)(C)C(C)(C)C. The van der Waals surface area contributed by atoms with E-state index in [1.807, 2.05) is 4.90 Å². The summed E-state index contributed by atoms with van der Waals surface area (Å²) in [5.41, 5.74) is -0.0776. The predicted octanol–water partition coefficient (Wildman–Crippen LogP) is 3.18. The molecule has 1 amide bonds. The van der Waals surface area contributed by atoms with E-state index < -0.39 is 19.3 Å². The molecule has 1 saturated heterocycles. The maximum Gasteiger partial charge on any atom is 0.407 e. The molecule has 2 heterocycles. The Bertz CT molecular complexity index is 704. The number of amides is 1. The third-order valence-electron chi connectivity index (χ3n) is 5.56. The lowest BCUT2D eigenvalue weighted by Crippen LogP contribution is -2.51. The zero-order valence-corrected chi connectivity index (χ0v) is 17.7. The largest absolute Gasteiger partial charge is 0.465 e. The number of hydrogen-bond donors (Lipinski definition) is 1. The molecule has 1 aliphatic rings. The van der Waals surface area contributed by atoms with Gasteiger partial charge in [0.25, 0.3) is 5.69 Å². The van der Waals surface area contributed by atoms with E-state index in [4.69, 9.17) is 4.43 Å². The smallest absolute Gasteiger partial charge is 0.407 e.